The predicted octanol–water partition coefficient (Wildman–Crippen LogP) is 2.93. The third-order valence-corrected chi connectivity index (χ3v) is 6.01. The number of nitrogens with one attached hydrogen (secondary N) is 2. The van der Waals surface area contributed by atoms with Gasteiger partial charge in [0.2, 0.25) is 0 Å². The molecule has 140 valence electrons. The quantitative estimate of drug-likeness (QED) is 0.271. The summed E-state index contributed by atoms with van der Waals surface area (Å²) in [6.07, 6.45) is 9.27. The summed E-state index contributed by atoms with van der Waals surface area (Å²) in [5.41, 5.74) is 0.383. The van der Waals surface area contributed by atoms with Crippen molar-refractivity contribution in [1.29, 1.82) is 0 Å². The highest BCUT2D eigenvalue weighted by Crippen LogP contribution is 2.60. The van der Waals surface area contributed by atoms with Crippen molar-refractivity contribution in [3.05, 3.63) is 0 Å². The number of fused-ring (bicyclic) bond motifs is 2. The van der Waals surface area contributed by atoms with E-state index in [0.29, 0.717) is 23.5 Å². The van der Waals surface area contributed by atoms with Crippen LogP contribution in [0.15, 0.2) is 4.99 Å². The molecule has 3 unspecified atom stereocenters. The van der Waals surface area contributed by atoms with Crippen LogP contribution in [0.5, 0.6) is 0 Å². The number of halogens is 1. The van der Waals surface area contributed by atoms with Gasteiger partial charge in [0.1, 0.15) is 0 Å². The van der Waals surface area contributed by atoms with Gasteiger partial charge in [0.25, 0.3) is 0 Å². The highest BCUT2D eigenvalue weighted by Gasteiger charge is 2.65. The summed E-state index contributed by atoms with van der Waals surface area (Å²) in [7, 11) is 1.87. The lowest BCUT2D eigenvalue weighted by Crippen LogP contribution is -2.69. The minimum absolute atomic E-state index is 0. The first-order chi connectivity index (χ1) is 11.3. The highest BCUT2D eigenvalue weighted by molar-refractivity contribution is 14.0. The summed E-state index contributed by atoms with van der Waals surface area (Å²) in [4.78, 5) is 4.43. The van der Waals surface area contributed by atoms with E-state index in [4.69, 9.17) is 9.47 Å². The summed E-state index contributed by atoms with van der Waals surface area (Å²) in [6.45, 7) is 5.61. The van der Waals surface area contributed by atoms with Gasteiger partial charge in [-0.25, -0.2) is 0 Å². The molecule has 0 bridgehead atoms. The molecule has 24 heavy (non-hydrogen) atoms. The van der Waals surface area contributed by atoms with Crippen LogP contribution >= 0.6 is 24.0 Å². The number of nitrogens with zero attached hydrogens (tertiary/aromatic N) is 1. The number of rotatable bonds is 7. The van der Waals surface area contributed by atoms with Crippen molar-refractivity contribution >= 4 is 29.9 Å². The molecular weight excluding hydrogens is 417 g/mol. The molecule has 3 rings (SSSR count). The lowest BCUT2D eigenvalue weighted by atomic mass is 9.54. The first kappa shape index (κ1) is 20.2. The SMILES string of the molecule is CCOCCCCNC(=NC)NC1C2CCOC2C12CCCC2.I. The van der Waals surface area contributed by atoms with Crippen LogP contribution in [-0.2, 0) is 9.47 Å². The zero-order chi connectivity index (χ0) is 16.1. The van der Waals surface area contributed by atoms with Gasteiger partial charge in [0.05, 0.1) is 6.10 Å². The zero-order valence-corrected chi connectivity index (χ0v) is 17.5. The largest absolute Gasteiger partial charge is 0.382 e. The van der Waals surface area contributed by atoms with Gasteiger partial charge in [-0.1, -0.05) is 12.8 Å². The fourth-order valence-corrected chi connectivity index (χ4v) is 4.93. The monoisotopic (exact) mass is 451 g/mol. The number of guanidine groups is 1. The van der Waals surface area contributed by atoms with E-state index in [2.05, 4.69) is 15.6 Å². The standard InChI is InChI=1S/C18H33N3O2.HI/c1-3-22-12-7-6-11-20-17(19-2)21-15-14-8-13-23-16(14)18(15)9-4-5-10-18;/h14-16H,3-13H2,1-2H3,(H2,19,20,21);1H. The second kappa shape index (κ2) is 9.57. The second-order valence-electron chi connectivity index (χ2n) is 7.21. The number of hydrogen-bond acceptors (Lipinski definition) is 3. The minimum Gasteiger partial charge on any atom is -0.382 e. The Hall–Kier alpha value is -0.0800. The van der Waals surface area contributed by atoms with Crippen molar-refractivity contribution in [3.8, 4) is 0 Å². The van der Waals surface area contributed by atoms with Crippen molar-refractivity contribution < 1.29 is 9.47 Å². The molecule has 5 nitrogen and oxygen atoms in total. The Bertz CT molecular complexity index is 413. The van der Waals surface area contributed by atoms with E-state index in [1.807, 2.05) is 14.0 Å². The Morgan fingerprint density at radius 2 is 2.08 bits per heavy atom. The Kier molecular flexibility index (Phi) is 8.07. The van der Waals surface area contributed by atoms with Gasteiger partial charge < -0.3 is 20.1 Å². The van der Waals surface area contributed by atoms with Gasteiger partial charge in [-0.15, -0.1) is 24.0 Å². The van der Waals surface area contributed by atoms with Crippen molar-refractivity contribution in [3.63, 3.8) is 0 Å². The number of ether oxygens (including phenoxy) is 2. The molecule has 2 saturated carbocycles. The molecule has 3 atom stereocenters. The van der Waals surface area contributed by atoms with E-state index in [1.165, 1.54) is 32.1 Å². The maximum absolute atomic E-state index is 6.06. The molecule has 2 aliphatic carbocycles. The normalized spacial score (nSPS) is 30.6. The van der Waals surface area contributed by atoms with E-state index >= 15 is 0 Å². The predicted molar refractivity (Wildman–Crippen MR) is 108 cm³/mol. The molecule has 0 aromatic rings. The number of aliphatic imine (C=N–C) groups is 1. The van der Waals surface area contributed by atoms with Gasteiger partial charge in [-0.2, -0.15) is 0 Å². The minimum atomic E-state index is 0. The van der Waals surface area contributed by atoms with Crippen LogP contribution in [-0.4, -0.2) is 51.5 Å². The molecule has 1 saturated heterocycles. The summed E-state index contributed by atoms with van der Waals surface area (Å²) < 4.78 is 11.4. The van der Waals surface area contributed by atoms with Crippen LogP contribution in [0.1, 0.15) is 51.9 Å². The third kappa shape index (κ3) is 4.01. The summed E-state index contributed by atoms with van der Waals surface area (Å²) in [5, 5.41) is 7.21. The summed E-state index contributed by atoms with van der Waals surface area (Å²) >= 11 is 0. The zero-order valence-electron chi connectivity index (χ0n) is 15.2. The molecule has 1 aliphatic heterocycles. The van der Waals surface area contributed by atoms with Crippen molar-refractivity contribution in [2.75, 3.05) is 33.4 Å². The van der Waals surface area contributed by atoms with Crippen LogP contribution in [0.25, 0.3) is 0 Å². The molecule has 0 aromatic carbocycles. The molecule has 3 aliphatic rings. The third-order valence-electron chi connectivity index (χ3n) is 6.01. The molecule has 0 aromatic heterocycles. The van der Waals surface area contributed by atoms with Crippen LogP contribution in [0, 0.1) is 11.3 Å². The van der Waals surface area contributed by atoms with Crippen molar-refractivity contribution in [1.82, 2.24) is 10.6 Å². The van der Waals surface area contributed by atoms with Crippen molar-refractivity contribution in [2.24, 2.45) is 16.3 Å². The number of unbranched alkanes of at least 4 members (excludes halogenated alkanes) is 1. The Balaban J connectivity index is 0.00000208. The molecule has 2 N–H and O–H groups in total. The molecule has 6 heteroatoms. The maximum Gasteiger partial charge on any atom is 0.191 e. The topological polar surface area (TPSA) is 54.9 Å². The van der Waals surface area contributed by atoms with Crippen LogP contribution in [0.3, 0.4) is 0 Å². The second-order valence-corrected chi connectivity index (χ2v) is 7.21. The highest BCUT2D eigenvalue weighted by atomic mass is 127. The maximum atomic E-state index is 6.06. The van der Waals surface area contributed by atoms with Gasteiger partial charge in [-0.05, 0) is 39.0 Å². The summed E-state index contributed by atoms with van der Waals surface area (Å²) in [5.74, 6) is 1.65. The fraction of sp³-hybridized carbons (Fsp3) is 0.944. The van der Waals surface area contributed by atoms with Gasteiger partial charge in [0.15, 0.2) is 5.96 Å². The molecular formula is C18H34IN3O2. The smallest absolute Gasteiger partial charge is 0.191 e. The first-order valence-corrected chi connectivity index (χ1v) is 9.48. The lowest BCUT2D eigenvalue weighted by Gasteiger charge is -2.57. The molecule has 0 amide bonds. The Morgan fingerprint density at radius 1 is 1.29 bits per heavy atom. The van der Waals surface area contributed by atoms with Crippen molar-refractivity contribution in [2.45, 2.75) is 64.0 Å². The van der Waals surface area contributed by atoms with E-state index in [9.17, 15) is 0 Å². The molecule has 0 radical (unpaired) electrons. The van der Waals surface area contributed by atoms with Crippen LogP contribution in [0.4, 0.5) is 0 Å². The Labute approximate surface area is 163 Å². The van der Waals surface area contributed by atoms with Crippen LogP contribution in [0.2, 0.25) is 0 Å². The van der Waals surface area contributed by atoms with E-state index in [0.717, 1.165) is 45.2 Å². The van der Waals surface area contributed by atoms with Gasteiger partial charge >= 0.3 is 0 Å². The average molecular weight is 451 g/mol. The molecule has 1 spiro atoms. The van der Waals surface area contributed by atoms with Gasteiger partial charge in [-0.3, -0.25) is 4.99 Å². The number of hydrogen-bond donors (Lipinski definition) is 2. The molecule has 1 heterocycles. The molecule has 3 fully saturated rings. The van der Waals surface area contributed by atoms with E-state index < -0.39 is 0 Å². The average Bonchev–Trinajstić information content (AvgIpc) is 3.22. The fourth-order valence-electron chi connectivity index (χ4n) is 4.93. The van der Waals surface area contributed by atoms with E-state index in [1.54, 1.807) is 0 Å². The lowest BCUT2D eigenvalue weighted by molar-refractivity contribution is -0.125. The van der Waals surface area contributed by atoms with E-state index in [-0.39, 0.29) is 24.0 Å². The first-order valence-electron chi connectivity index (χ1n) is 9.48. The summed E-state index contributed by atoms with van der Waals surface area (Å²) in [6, 6.07) is 0.548. The Morgan fingerprint density at radius 3 is 2.79 bits per heavy atom. The van der Waals surface area contributed by atoms with Gasteiger partial charge in [0, 0.05) is 50.8 Å². The van der Waals surface area contributed by atoms with Crippen LogP contribution < -0.4 is 10.6 Å².